The number of fused-ring (bicyclic) bond motifs is 1. The van der Waals surface area contributed by atoms with E-state index in [9.17, 15) is 18.0 Å². The highest BCUT2D eigenvalue weighted by Crippen LogP contribution is 2.26. The van der Waals surface area contributed by atoms with E-state index in [-0.39, 0.29) is 35.7 Å². The number of rotatable bonds is 5. The van der Waals surface area contributed by atoms with E-state index in [4.69, 9.17) is 19.9 Å². The Bertz CT molecular complexity index is 819. The summed E-state index contributed by atoms with van der Waals surface area (Å²) < 4.78 is 53.4. The van der Waals surface area contributed by atoms with Crippen LogP contribution in [0.3, 0.4) is 0 Å². The molecule has 2 aromatic heterocycles. The Balaban J connectivity index is 1.92. The van der Waals surface area contributed by atoms with Gasteiger partial charge < -0.3 is 24.8 Å². The molecule has 1 fully saturated rings. The highest BCUT2D eigenvalue weighted by Gasteiger charge is 2.43. The minimum absolute atomic E-state index is 0.110. The number of carbonyl (C=O) groups is 1. The number of hydrogen-bond acceptors (Lipinski definition) is 9. The first-order valence-electron chi connectivity index (χ1n) is 7.43. The Kier molecular flexibility index (Phi) is 4.71. The van der Waals surface area contributed by atoms with Crippen LogP contribution in [0.15, 0.2) is 0 Å². The third kappa shape index (κ3) is 3.56. The van der Waals surface area contributed by atoms with Gasteiger partial charge >= 0.3 is 24.2 Å². The van der Waals surface area contributed by atoms with E-state index in [2.05, 4.69) is 19.8 Å². The Hall–Kier alpha value is -2.83. The van der Waals surface area contributed by atoms with Crippen molar-refractivity contribution >= 4 is 23.0 Å². The lowest BCUT2D eigenvalue weighted by Crippen LogP contribution is -2.33. The fourth-order valence-corrected chi connectivity index (χ4v) is 2.27. The molecule has 0 aliphatic carbocycles. The summed E-state index contributed by atoms with van der Waals surface area (Å²) in [7, 11) is 1.12. The summed E-state index contributed by atoms with van der Waals surface area (Å²) >= 11 is 0. The molecule has 13 heteroatoms. The standard InChI is InChI=1S/C13H14F3N5O5/c1-23-12-18-7-8(17)19-11(25-5-6-3-2-4-24-6)20-9(7)21(12)26-10(22)13(14,15)16/h6H,2-5H2,1H3,(H2,17,19,20). The van der Waals surface area contributed by atoms with Gasteiger partial charge in [-0.2, -0.15) is 28.1 Å². The van der Waals surface area contributed by atoms with Gasteiger partial charge in [0.05, 0.1) is 13.2 Å². The van der Waals surface area contributed by atoms with E-state index in [1.54, 1.807) is 0 Å². The van der Waals surface area contributed by atoms with Crippen molar-refractivity contribution in [3.63, 3.8) is 0 Å². The van der Waals surface area contributed by atoms with Crippen LogP contribution in [-0.4, -0.2) is 58.3 Å². The van der Waals surface area contributed by atoms with Crippen molar-refractivity contribution < 1.29 is 37.0 Å². The maximum atomic E-state index is 12.5. The van der Waals surface area contributed by atoms with E-state index in [0.29, 0.717) is 11.3 Å². The number of nitrogens with zero attached hydrogens (tertiary/aromatic N) is 4. The van der Waals surface area contributed by atoms with Crippen LogP contribution in [0.1, 0.15) is 12.8 Å². The number of imidazole rings is 1. The van der Waals surface area contributed by atoms with Gasteiger partial charge in [-0.15, -0.1) is 0 Å². The second-order valence-electron chi connectivity index (χ2n) is 5.28. The molecule has 1 aliphatic heterocycles. The highest BCUT2D eigenvalue weighted by atomic mass is 19.4. The molecule has 2 N–H and O–H groups in total. The number of alkyl halides is 3. The maximum absolute atomic E-state index is 12.5. The van der Waals surface area contributed by atoms with Crippen LogP contribution >= 0.6 is 0 Å². The van der Waals surface area contributed by atoms with Crippen molar-refractivity contribution in [1.29, 1.82) is 0 Å². The van der Waals surface area contributed by atoms with Crippen molar-refractivity contribution in [2.75, 3.05) is 26.1 Å². The van der Waals surface area contributed by atoms with E-state index < -0.39 is 18.2 Å². The minimum atomic E-state index is -5.22. The summed E-state index contributed by atoms with van der Waals surface area (Å²) in [5.74, 6) is -2.66. The Morgan fingerprint density at radius 1 is 1.38 bits per heavy atom. The number of ether oxygens (including phenoxy) is 3. The van der Waals surface area contributed by atoms with Crippen LogP contribution in [0, 0.1) is 0 Å². The van der Waals surface area contributed by atoms with Gasteiger partial charge in [-0.3, -0.25) is 0 Å². The number of hydrogen-bond donors (Lipinski definition) is 1. The predicted octanol–water partition coefficient (Wildman–Crippen LogP) is 0.492. The Morgan fingerprint density at radius 2 is 2.15 bits per heavy atom. The van der Waals surface area contributed by atoms with Gasteiger partial charge in [0, 0.05) is 6.61 Å². The van der Waals surface area contributed by atoms with Gasteiger partial charge in [0.2, 0.25) is 5.65 Å². The lowest BCUT2D eigenvalue weighted by molar-refractivity contribution is -0.199. The maximum Gasteiger partial charge on any atom is 0.493 e. The van der Waals surface area contributed by atoms with Crippen LogP contribution in [0.5, 0.6) is 12.0 Å². The number of anilines is 1. The molecule has 0 bridgehead atoms. The predicted molar refractivity (Wildman–Crippen MR) is 78.4 cm³/mol. The normalized spacial score (nSPS) is 17.5. The van der Waals surface area contributed by atoms with Crippen molar-refractivity contribution in [3.05, 3.63) is 0 Å². The van der Waals surface area contributed by atoms with Crippen LogP contribution < -0.4 is 20.0 Å². The fourth-order valence-electron chi connectivity index (χ4n) is 2.27. The van der Waals surface area contributed by atoms with Crippen molar-refractivity contribution in [2.45, 2.75) is 25.1 Å². The number of carbonyl (C=O) groups excluding carboxylic acids is 1. The largest absolute Gasteiger partial charge is 0.493 e. The minimum Gasteiger partial charge on any atom is -0.466 e. The smallest absolute Gasteiger partial charge is 0.466 e. The van der Waals surface area contributed by atoms with E-state index in [1.807, 2.05) is 0 Å². The first-order valence-corrected chi connectivity index (χ1v) is 7.43. The van der Waals surface area contributed by atoms with Crippen LogP contribution in [0.2, 0.25) is 0 Å². The Morgan fingerprint density at radius 3 is 2.77 bits per heavy atom. The highest BCUT2D eigenvalue weighted by molar-refractivity contribution is 5.84. The first-order chi connectivity index (χ1) is 12.3. The van der Waals surface area contributed by atoms with Crippen molar-refractivity contribution in [2.24, 2.45) is 0 Å². The van der Waals surface area contributed by atoms with E-state index in [0.717, 1.165) is 20.0 Å². The zero-order valence-corrected chi connectivity index (χ0v) is 13.4. The first kappa shape index (κ1) is 18.0. The van der Waals surface area contributed by atoms with Gasteiger partial charge in [-0.1, -0.05) is 4.73 Å². The van der Waals surface area contributed by atoms with Gasteiger partial charge in [0.15, 0.2) is 11.3 Å². The Labute approximate surface area is 144 Å². The molecule has 0 amide bonds. The molecule has 0 aromatic carbocycles. The van der Waals surface area contributed by atoms with Gasteiger partial charge in [0.25, 0.3) is 0 Å². The average molecular weight is 377 g/mol. The molecule has 26 heavy (non-hydrogen) atoms. The van der Waals surface area contributed by atoms with E-state index in [1.165, 1.54) is 0 Å². The number of methoxy groups -OCH3 is 1. The molecule has 2 aromatic rings. The summed E-state index contributed by atoms with van der Waals surface area (Å²) in [6, 6.07) is -0.688. The quantitative estimate of drug-likeness (QED) is 0.793. The summed E-state index contributed by atoms with van der Waals surface area (Å²) in [5, 5.41) is 0. The van der Waals surface area contributed by atoms with Gasteiger partial charge in [-0.05, 0) is 12.8 Å². The topological polar surface area (TPSA) is 124 Å². The third-order valence-electron chi connectivity index (χ3n) is 3.46. The zero-order valence-electron chi connectivity index (χ0n) is 13.4. The summed E-state index contributed by atoms with van der Waals surface area (Å²) in [4.78, 5) is 27.0. The van der Waals surface area contributed by atoms with Crippen LogP contribution in [-0.2, 0) is 9.53 Å². The SMILES string of the molecule is COc1nc2c(N)nc(OCC3CCCO3)nc2n1OC(=O)C(F)(F)F. The molecular weight excluding hydrogens is 363 g/mol. The third-order valence-corrected chi connectivity index (χ3v) is 3.46. The van der Waals surface area contributed by atoms with Gasteiger partial charge in [0.1, 0.15) is 6.61 Å². The molecule has 142 valence electrons. The zero-order chi connectivity index (χ0) is 18.9. The second-order valence-corrected chi connectivity index (χ2v) is 5.28. The molecule has 3 heterocycles. The molecule has 1 aliphatic rings. The van der Waals surface area contributed by atoms with Crippen molar-refractivity contribution in [3.8, 4) is 12.0 Å². The fraction of sp³-hybridized carbons (Fsp3) is 0.538. The molecule has 1 atom stereocenters. The number of nitrogen functional groups attached to an aromatic ring is 1. The van der Waals surface area contributed by atoms with E-state index >= 15 is 0 Å². The molecular formula is C13H14F3N5O5. The van der Waals surface area contributed by atoms with Crippen LogP contribution in [0.25, 0.3) is 11.2 Å². The number of aromatic nitrogens is 4. The molecule has 3 rings (SSSR count). The molecule has 0 saturated carbocycles. The number of halogens is 3. The summed E-state index contributed by atoms with van der Waals surface area (Å²) in [5.41, 5.74) is 5.32. The molecule has 1 unspecified atom stereocenters. The molecule has 1 saturated heterocycles. The van der Waals surface area contributed by atoms with Gasteiger partial charge in [-0.25, -0.2) is 4.79 Å². The molecule has 0 radical (unpaired) electrons. The summed E-state index contributed by atoms with van der Waals surface area (Å²) in [6.45, 7) is 0.756. The average Bonchev–Trinajstić information content (AvgIpc) is 3.20. The van der Waals surface area contributed by atoms with Crippen molar-refractivity contribution in [1.82, 2.24) is 19.7 Å². The molecule has 0 spiro atoms. The monoisotopic (exact) mass is 377 g/mol. The number of nitrogens with two attached hydrogens (primary N) is 1. The summed E-state index contributed by atoms with van der Waals surface area (Å²) in [6.07, 6.45) is -3.67. The lowest BCUT2D eigenvalue weighted by Gasteiger charge is -2.11. The lowest BCUT2D eigenvalue weighted by atomic mass is 10.2. The van der Waals surface area contributed by atoms with Crippen LogP contribution in [0.4, 0.5) is 19.0 Å². The second kappa shape index (κ2) is 6.82. The molecule has 10 nitrogen and oxygen atoms in total.